The summed E-state index contributed by atoms with van der Waals surface area (Å²) in [5.74, 6) is 2.47. The van der Waals surface area contributed by atoms with E-state index in [0.29, 0.717) is 23.0 Å². The van der Waals surface area contributed by atoms with E-state index in [9.17, 15) is 0 Å². The van der Waals surface area contributed by atoms with Gasteiger partial charge < -0.3 is 18.9 Å². The maximum absolute atomic E-state index is 5.56. The van der Waals surface area contributed by atoms with Crippen molar-refractivity contribution in [1.29, 1.82) is 0 Å². The molecule has 0 saturated heterocycles. The molecule has 72 heavy (non-hydrogen) atoms. The van der Waals surface area contributed by atoms with Crippen molar-refractivity contribution in [3.63, 3.8) is 0 Å². The van der Waals surface area contributed by atoms with E-state index < -0.39 is 10.8 Å². The summed E-state index contributed by atoms with van der Waals surface area (Å²) in [4.78, 5) is 0. The highest BCUT2D eigenvalue weighted by molar-refractivity contribution is 5.98. The molecule has 0 heterocycles. The Morgan fingerprint density at radius 3 is 0.806 bits per heavy atom. The van der Waals surface area contributed by atoms with E-state index in [1.54, 1.807) is 0 Å². The third-order valence-electron chi connectivity index (χ3n) is 14.9. The van der Waals surface area contributed by atoms with E-state index in [1.807, 2.05) is 48.5 Å². The predicted molar refractivity (Wildman–Crippen MR) is 289 cm³/mol. The molecule has 0 aliphatic heterocycles. The van der Waals surface area contributed by atoms with Crippen LogP contribution in [0.5, 0.6) is 23.0 Å². The monoisotopic (exact) mass is 918 g/mol. The number of fused-ring (bicyclic) bond motifs is 10. The Morgan fingerprint density at radius 2 is 0.514 bits per heavy atom. The second-order valence-corrected chi connectivity index (χ2v) is 18.3. The van der Waals surface area contributed by atoms with Crippen LogP contribution in [0, 0.1) is 50.1 Å². The predicted octanol–water partition coefficient (Wildman–Crippen LogP) is 14.9. The molecule has 2 aliphatic carbocycles. The number of hydrogen-bond donors (Lipinski definition) is 0. The first kappa shape index (κ1) is 42.0. The van der Waals surface area contributed by atoms with Crippen molar-refractivity contribution in [3.05, 3.63) is 251 Å². The van der Waals surface area contributed by atoms with Gasteiger partial charge in [-0.3, -0.25) is 0 Å². The molecule has 0 spiro atoms. The van der Waals surface area contributed by atoms with Crippen molar-refractivity contribution in [3.8, 4) is 95.4 Å². The number of hydrogen-bond acceptors (Lipinski definition) is 4. The molecular formula is C68H38O4. The highest BCUT2D eigenvalue weighted by Gasteiger charge is 2.51. The standard InChI is InChI=1S/C68H38O4/c1-5-69-55-29-21-43-33-51(25-17-47(43)37-55)67(52-26-18-48-38-56(70-6-2)30-22-44(48)34-52)63-15-11-9-13-59(63)61-42-66-62(41-65(61)67)60-14-10-12-16-64(60)68(66,53-27-19-49-39-57(71-7-3)31-23-45(49)35-53)54-28-20-50-40-58(72-8-4)32-24-46(50)36-54/h1-4,9-42H. The lowest BCUT2D eigenvalue weighted by Gasteiger charge is -2.36. The largest absolute Gasteiger partial charge is 0.408 e. The van der Waals surface area contributed by atoms with Gasteiger partial charge in [0.25, 0.3) is 0 Å². The molecule has 13 rings (SSSR count). The molecule has 2 aliphatic rings. The van der Waals surface area contributed by atoms with Crippen molar-refractivity contribution in [2.45, 2.75) is 10.8 Å². The van der Waals surface area contributed by atoms with E-state index in [2.05, 4.69) is 182 Å². The minimum Gasteiger partial charge on any atom is -0.408 e. The van der Waals surface area contributed by atoms with Crippen LogP contribution in [0.4, 0.5) is 0 Å². The van der Waals surface area contributed by atoms with Gasteiger partial charge in [0.15, 0.2) is 0 Å². The Labute approximate surface area is 417 Å². The number of rotatable bonds is 8. The topological polar surface area (TPSA) is 36.9 Å². The third-order valence-corrected chi connectivity index (χ3v) is 14.9. The van der Waals surface area contributed by atoms with Crippen molar-refractivity contribution in [1.82, 2.24) is 0 Å². The van der Waals surface area contributed by atoms with Crippen LogP contribution in [-0.2, 0) is 10.8 Å². The van der Waals surface area contributed by atoms with Gasteiger partial charge in [-0.15, -0.1) is 0 Å². The summed E-state index contributed by atoms with van der Waals surface area (Å²) >= 11 is 0. The number of terminal acetylenes is 4. The average molecular weight is 919 g/mol. The van der Waals surface area contributed by atoms with Crippen molar-refractivity contribution < 1.29 is 18.9 Å². The van der Waals surface area contributed by atoms with Gasteiger partial charge in [-0.05, 0) is 195 Å². The van der Waals surface area contributed by atoms with Gasteiger partial charge in [-0.25, -0.2) is 0 Å². The SMILES string of the molecule is C#COc1ccc2cc(C3(c4ccc5cc(OC#C)ccc5c4)c4ccccc4-c4cc5c(cc43)-c3ccccc3C5(c3ccc4cc(OC#C)ccc4c3)c3ccc4cc(OC#C)ccc4c3)ccc2c1. The zero-order valence-electron chi connectivity index (χ0n) is 38.6. The quantitative estimate of drug-likeness (QED) is 0.142. The lowest BCUT2D eigenvalue weighted by molar-refractivity contribution is 0.521. The lowest BCUT2D eigenvalue weighted by Crippen LogP contribution is -2.30. The van der Waals surface area contributed by atoms with E-state index in [-0.39, 0.29) is 0 Å². The number of ether oxygens (including phenoxy) is 4. The Balaban J connectivity index is 1.13. The van der Waals surface area contributed by atoms with Crippen LogP contribution >= 0.6 is 0 Å². The van der Waals surface area contributed by atoms with Gasteiger partial charge in [-0.1, -0.05) is 147 Å². The first-order valence-electron chi connectivity index (χ1n) is 23.5. The summed E-state index contributed by atoms with van der Waals surface area (Å²) in [6, 6.07) is 73.8. The van der Waals surface area contributed by atoms with Crippen molar-refractivity contribution >= 4 is 43.1 Å². The molecule has 4 heteroatoms. The average Bonchev–Trinajstić information content (AvgIpc) is 3.88. The highest BCUT2D eigenvalue weighted by Crippen LogP contribution is 2.63. The van der Waals surface area contributed by atoms with Gasteiger partial charge in [0.05, 0.1) is 10.8 Å². The van der Waals surface area contributed by atoms with E-state index in [0.717, 1.165) is 87.6 Å². The van der Waals surface area contributed by atoms with Crippen LogP contribution in [0.2, 0.25) is 0 Å². The molecule has 11 aromatic rings. The maximum Gasteiger partial charge on any atom is 0.140 e. The zero-order chi connectivity index (χ0) is 48.6. The molecule has 0 radical (unpaired) electrons. The normalized spacial score (nSPS) is 13.2. The highest BCUT2D eigenvalue weighted by atomic mass is 16.5. The first-order chi connectivity index (χ1) is 35.4. The molecule has 0 atom stereocenters. The summed E-state index contributed by atoms with van der Waals surface area (Å²) in [5.41, 5.74) is 12.4. The fraction of sp³-hybridized carbons (Fsp3) is 0.0294. The minimum atomic E-state index is -0.770. The molecule has 0 aromatic heterocycles. The molecule has 0 saturated carbocycles. The maximum atomic E-state index is 5.56. The van der Waals surface area contributed by atoms with Crippen LogP contribution in [-0.4, -0.2) is 0 Å². The second-order valence-electron chi connectivity index (χ2n) is 18.3. The fourth-order valence-corrected chi connectivity index (χ4v) is 12.0. The summed E-state index contributed by atoms with van der Waals surface area (Å²) in [6.45, 7) is 0. The summed E-state index contributed by atoms with van der Waals surface area (Å²) in [7, 11) is 0. The molecule has 0 fully saturated rings. The third kappa shape index (κ3) is 6.14. The van der Waals surface area contributed by atoms with Gasteiger partial charge in [0.2, 0.25) is 0 Å². The van der Waals surface area contributed by atoms with Gasteiger partial charge in [-0.2, -0.15) is 0 Å². The van der Waals surface area contributed by atoms with Crippen molar-refractivity contribution in [2.75, 3.05) is 0 Å². The molecular weight excluding hydrogens is 881 g/mol. The summed E-state index contributed by atoms with van der Waals surface area (Å²) in [6.07, 6.45) is 31.5. The van der Waals surface area contributed by atoms with Gasteiger partial charge in [0, 0.05) is 0 Å². The minimum absolute atomic E-state index is 0.618. The lowest BCUT2D eigenvalue weighted by atomic mass is 9.65. The molecule has 0 bridgehead atoms. The first-order valence-corrected chi connectivity index (χ1v) is 23.5. The van der Waals surface area contributed by atoms with Crippen LogP contribution in [0.1, 0.15) is 44.5 Å². The Morgan fingerprint density at radius 1 is 0.250 bits per heavy atom. The molecule has 334 valence electrons. The van der Waals surface area contributed by atoms with Crippen molar-refractivity contribution in [2.24, 2.45) is 0 Å². The van der Waals surface area contributed by atoms with Crippen LogP contribution in [0.3, 0.4) is 0 Å². The van der Waals surface area contributed by atoms with Crippen LogP contribution < -0.4 is 18.9 Å². The van der Waals surface area contributed by atoms with Gasteiger partial charge >= 0.3 is 0 Å². The Kier molecular flexibility index (Phi) is 9.50. The Bertz CT molecular complexity index is 3820. The van der Waals surface area contributed by atoms with E-state index >= 15 is 0 Å². The summed E-state index contributed by atoms with van der Waals surface area (Å²) < 4.78 is 22.0. The number of benzene rings is 11. The summed E-state index contributed by atoms with van der Waals surface area (Å²) in [5, 5.41) is 8.33. The molecule has 0 N–H and O–H groups in total. The van der Waals surface area contributed by atoms with E-state index in [4.69, 9.17) is 44.6 Å². The van der Waals surface area contributed by atoms with Crippen LogP contribution in [0.15, 0.2) is 206 Å². The fourth-order valence-electron chi connectivity index (χ4n) is 12.0. The second kappa shape index (κ2) is 16.3. The zero-order valence-corrected chi connectivity index (χ0v) is 38.6. The molecule has 0 unspecified atom stereocenters. The molecule has 11 aromatic carbocycles. The molecule has 0 amide bonds. The molecule has 4 nitrogen and oxygen atoms in total. The van der Waals surface area contributed by atoms with E-state index in [1.165, 1.54) is 22.3 Å². The van der Waals surface area contributed by atoms with Crippen LogP contribution in [0.25, 0.3) is 65.3 Å². The Hall–Kier alpha value is -10.1. The smallest absolute Gasteiger partial charge is 0.140 e. The van der Waals surface area contributed by atoms with Gasteiger partial charge in [0.1, 0.15) is 47.4 Å².